The fourth-order valence-corrected chi connectivity index (χ4v) is 3.91. The molecular formula is C24H16FO5. The van der Waals surface area contributed by atoms with E-state index in [9.17, 15) is 14.0 Å². The molecule has 4 aromatic rings. The maximum Gasteiger partial charge on any atom is 0.372 e. The molecule has 0 N–H and O–H groups in total. The SMILES string of the molecule is CCc1c(F)c(=O)oc2c1c1c(c3oc(C)cc(=O)c32)[C]=CC(c2ccccc2)O1. The van der Waals surface area contributed by atoms with Crippen molar-refractivity contribution in [2.45, 2.75) is 26.4 Å². The summed E-state index contributed by atoms with van der Waals surface area (Å²) >= 11 is 0. The Morgan fingerprint density at radius 2 is 1.83 bits per heavy atom. The first kappa shape index (κ1) is 18.4. The molecule has 5 nitrogen and oxygen atoms in total. The predicted molar refractivity (Wildman–Crippen MR) is 109 cm³/mol. The van der Waals surface area contributed by atoms with E-state index in [2.05, 4.69) is 6.08 Å². The zero-order chi connectivity index (χ0) is 21.0. The number of hydrogen-bond donors (Lipinski definition) is 0. The third-order valence-corrected chi connectivity index (χ3v) is 5.25. The summed E-state index contributed by atoms with van der Waals surface area (Å²) in [5.41, 5.74) is 0.0630. The van der Waals surface area contributed by atoms with Gasteiger partial charge in [0.1, 0.15) is 23.0 Å². The van der Waals surface area contributed by atoms with Crippen molar-refractivity contribution in [3.05, 3.63) is 97.5 Å². The van der Waals surface area contributed by atoms with Gasteiger partial charge >= 0.3 is 5.63 Å². The standard InChI is InChI=1S/C24H16FO5/c1-3-14-18-21-15(9-10-17(29-21)13-7-5-4-6-8-13)22-19(16(26)11-12(2)28-22)23(18)30-24(27)20(14)25/h4-8,10-11,17H,3H2,1-2H3. The van der Waals surface area contributed by atoms with Gasteiger partial charge in [-0.25, -0.2) is 4.79 Å². The molecule has 2 aromatic heterocycles. The summed E-state index contributed by atoms with van der Waals surface area (Å²) in [7, 11) is 0. The molecule has 3 heterocycles. The zero-order valence-corrected chi connectivity index (χ0v) is 16.2. The van der Waals surface area contributed by atoms with Crippen LogP contribution in [0.15, 0.2) is 60.9 Å². The fraction of sp³-hybridized carbons (Fsp3) is 0.167. The normalized spacial score (nSPS) is 15.4. The van der Waals surface area contributed by atoms with Crippen LogP contribution in [0.2, 0.25) is 0 Å². The van der Waals surface area contributed by atoms with E-state index in [0.29, 0.717) is 11.3 Å². The molecule has 30 heavy (non-hydrogen) atoms. The van der Waals surface area contributed by atoms with E-state index in [1.807, 2.05) is 30.3 Å². The van der Waals surface area contributed by atoms with Crippen molar-refractivity contribution < 1.29 is 18.0 Å². The number of aryl methyl sites for hydroxylation is 2. The second kappa shape index (κ2) is 6.69. The minimum absolute atomic E-state index is 0.0312. The predicted octanol–water partition coefficient (Wildman–Crippen LogP) is 4.75. The molecule has 5 rings (SSSR count). The second-order valence-electron chi connectivity index (χ2n) is 7.13. The van der Waals surface area contributed by atoms with Crippen LogP contribution in [0.1, 0.15) is 35.5 Å². The van der Waals surface area contributed by atoms with E-state index < -0.39 is 17.5 Å². The highest BCUT2D eigenvalue weighted by Gasteiger charge is 2.29. The second-order valence-corrected chi connectivity index (χ2v) is 7.13. The maximum atomic E-state index is 14.7. The van der Waals surface area contributed by atoms with Crippen molar-refractivity contribution in [2.24, 2.45) is 0 Å². The van der Waals surface area contributed by atoms with Crippen LogP contribution in [0.3, 0.4) is 0 Å². The number of hydrogen-bond acceptors (Lipinski definition) is 5. The lowest BCUT2D eigenvalue weighted by atomic mass is 9.96. The number of halogens is 1. The third kappa shape index (κ3) is 2.60. The molecule has 0 saturated carbocycles. The summed E-state index contributed by atoms with van der Waals surface area (Å²) < 4.78 is 32.0. The highest BCUT2D eigenvalue weighted by atomic mass is 19.1. The first-order chi connectivity index (χ1) is 14.5. The number of benzene rings is 2. The van der Waals surface area contributed by atoms with E-state index in [1.165, 1.54) is 6.07 Å². The van der Waals surface area contributed by atoms with Gasteiger partial charge in [-0.1, -0.05) is 37.3 Å². The lowest BCUT2D eigenvalue weighted by molar-refractivity contribution is 0.251. The molecule has 0 fully saturated rings. The molecule has 0 spiro atoms. The highest BCUT2D eigenvalue weighted by molar-refractivity contribution is 6.08. The smallest absolute Gasteiger partial charge is 0.372 e. The fourth-order valence-electron chi connectivity index (χ4n) is 3.91. The van der Waals surface area contributed by atoms with Gasteiger partial charge < -0.3 is 13.6 Å². The largest absolute Gasteiger partial charge is 0.480 e. The van der Waals surface area contributed by atoms with Gasteiger partial charge in [0.05, 0.1) is 10.9 Å². The van der Waals surface area contributed by atoms with Crippen LogP contribution < -0.4 is 15.8 Å². The quantitative estimate of drug-likeness (QED) is 0.357. The Morgan fingerprint density at radius 1 is 1.07 bits per heavy atom. The molecule has 1 atom stereocenters. The average Bonchev–Trinajstić information content (AvgIpc) is 2.75. The van der Waals surface area contributed by atoms with Crippen molar-refractivity contribution in [3.8, 4) is 5.75 Å². The van der Waals surface area contributed by atoms with Crippen molar-refractivity contribution in [3.63, 3.8) is 0 Å². The third-order valence-electron chi connectivity index (χ3n) is 5.25. The summed E-state index contributed by atoms with van der Waals surface area (Å²) in [6.45, 7) is 3.37. The van der Waals surface area contributed by atoms with Crippen LogP contribution in [0.5, 0.6) is 5.75 Å². The Balaban J connectivity index is 1.95. The van der Waals surface area contributed by atoms with Gasteiger partial charge in [-0.05, 0) is 31.1 Å². The van der Waals surface area contributed by atoms with Crippen LogP contribution in [-0.2, 0) is 6.42 Å². The Labute approximate surface area is 170 Å². The van der Waals surface area contributed by atoms with Crippen molar-refractivity contribution in [1.82, 2.24) is 0 Å². The summed E-state index contributed by atoms with van der Waals surface area (Å²) in [6.07, 6.45) is 4.63. The number of rotatable bonds is 2. The van der Waals surface area contributed by atoms with Crippen molar-refractivity contribution >= 4 is 21.9 Å². The van der Waals surface area contributed by atoms with Crippen molar-refractivity contribution in [2.75, 3.05) is 0 Å². The molecule has 149 valence electrons. The van der Waals surface area contributed by atoms with Crippen LogP contribution in [0.25, 0.3) is 21.9 Å². The van der Waals surface area contributed by atoms with E-state index in [4.69, 9.17) is 13.6 Å². The molecule has 0 bridgehead atoms. The zero-order valence-electron chi connectivity index (χ0n) is 16.2. The van der Waals surface area contributed by atoms with E-state index in [0.717, 1.165) is 5.56 Å². The molecule has 2 aromatic carbocycles. The van der Waals surface area contributed by atoms with E-state index >= 15 is 0 Å². The monoisotopic (exact) mass is 403 g/mol. The Morgan fingerprint density at radius 3 is 2.57 bits per heavy atom. The average molecular weight is 403 g/mol. The lowest BCUT2D eigenvalue weighted by Gasteiger charge is -2.24. The molecule has 0 amide bonds. The Hall–Kier alpha value is -3.67. The molecular weight excluding hydrogens is 387 g/mol. The van der Waals surface area contributed by atoms with Gasteiger partial charge in [0.25, 0.3) is 0 Å². The van der Waals surface area contributed by atoms with E-state index in [1.54, 1.807) is 19.9 Å². The topological polar surface area (TPSA) is 69.7 Å². The lowest BCUT2D eigenvalue weighted by Crippen LogP contribution is -2.16. The number of ether oxygens (including phenoxy) is 1. The van der Waals surface area contributed by atoms with Gasteiger partial charge in [-0.15, -0.1) is 0 Å². The number of fused-ring (bicyclic) bond motifs is 6. The summed E-state index contributed by atoms with van der Waals surface area (Å²) in [5.74, 6) is -0.319. The van der Waals surface area contributed by atoms with Crippen LogP contribution >= 0.6 is 0 Å². The van der Waals surface area contributed by atoms with Crippen LogP contribution in [-0.4, -0.2) is 0 Å². The minimum atomic E-state index is -1.13. The van der Waals surface area contributed by atoms with Crippen LogP contribution in [0.4, 0.5) is 4.39 Å². The van der Waals surface area contributed by atoms with Crippen LogP contribution in [0, 0.1) is 18.8 Å². The molecule has 0 aliphatic carbocycles. The van der Waals surface area contributed by atoms with Gasteiger partial charge in [-0.2, -0.15) is 4.39 Å². The molecule has 1 aliphatic rings. The molecule has 6 heteroatoms. The molecule has 1 aliphatic heterocycles. The molecule has 1 radical (unpaired) electrons. The summed E-state index contributed by atoms with van der Waals surface area (Å²) in [6, 6.07) is 10.8. The molecule has 1 unspecified atom stereocenters. The summed E-state index contributed by atoms with van der Waals surface area (Å²) in [4.78, 5) is 24.9. The first-order valence-electron chi connectivity index (χ1n) is 9.56. The van der Waals surface area contributed by atoms with Crippen molar-refractivity contribution in [1.29, 1.82) is 0 Å². The highest BCUT2D eigenvalue weighted by Crippen LogP contribution is 2.43. The van der Waals surface area contributed by atoms with Gasteiger partial charge in [-0.3, -0.25) is 4.79 Å². The summed E-state index contributed by atoms with van der Waals surface area (Å²) in [5, 5.41) is 0.332. The van der Waals surface area contributed by atoms with Gasteiger partial charge in [0.2, 0.25) is 5.82 Å². The molecule has 0 saturated heterocycles. The Kier molecular flexibility index (Phi) is 4.10. The van der Waals surface area contributed by atoms with Gasteiger partial charge in [0.15, 0.2) is 16.6 Å². The minimum Gasteiger partial charge on any atom is -0.480 e. The maximum absolute atomic E-state index is 14.7. The van der Waals surface area contributed by atoms with E-state index in [-0.39, 0.29) is 45.1 Å². The Bertz CT molecular complexity index is 1460. The van der Waals surface area contributed by atoms with Gasteiger partial charge in [0, 0.05) is 11.6 Å². The first-order valence-corrected chi connectivity index (χ1v) is 9.56.